The molecule has 2 heterocycles. The Bertz CT molecular complexity index is 598. The van der Waals surface area contributed by atoms with Crippen molar-refractivity contribution in [1.29, 1.82) is 0 Å². The third-order valence-corrected chi connectivity index (χ3v) is 4.80. The summed E-state index contributed by atoms with van der Waals surface area (Å²) in [6.45, 7) is 4.82. The Morgan fingerprint density at radius 3 is 2.83 bits per heavy atom. The number of nitrogens with zero attached hydrogens (tertiary/aromatic N) is 2. The highest BCUT2D eigenvalue weighted by Crippen LogP contribution is 2.28. The van der Waals surface area contributed by atoms with Crippen LogP contribution in [0.4, 0.5) is 5.69 Å². The van der Waals surface area contributed by atoms with Crippen molar-refractivity contribution in [2.45, 2.75) is 19.4 Å². The molecule has 0 aliphatic carbocycles. The van der Waals surface area contributed by atoms with E-state index in [1.165, 1.54) is 0 Å². The van der Waals surface area contributed by atoms with Crippen LogP contribution < -0.4 is 10.2 Å². The van der Waals surface area contributed by atoms with Crippen molar-refractivity contribution in [2.75, 3.05) is 31.1 Å². The summed E-state index contributed by atoms with van der Waals surface area (Å²) in [5.41, 5.74) is 0.850. The fourth-order valence-corrected chi connectivity index (χ4v) is 3.55. The summed E-state index contributed by atoms with van der Waals surface area (Å²) in [6, 6.07) is 7.93. The number of carbonyl (C=O) groups is 2. The van der Waals surface area contributed by atoms with Gasteiger partial charge in [-0.25, -0.2) is 0 Å². The number of rotatable bonds is 2. The fourth-order valence-electron chi connectivity index (χ4n) is 3.16. The third-order valence-electron chi connectivity index (χ3n) is 4.30. The Labute approximate surface area is 150 Å². The second-order valence-electron chi connectivity index (χ2n) is 5.95. The van der Waals surface area contributed by atoms with E-state index in [4.69, 9.17) is 0 Å². The van der Waals surface area contributed by atoms with Crippen molar-refractivity contribution in [3.63, 3.8) is 0 Å². The zero-order valence-corrected chi connectivity index (χ0v) is 15.4. The number of anilines is 1. The first-order chi connectivity index (χ1) is 10.6. The van der Waals surface area contributed by atoms with Crippen molar-refractivity contribution in [2.24, 2.45) is 5.92 Å². The van der Waals surface area contributed by atoms with Gasteiger partial charge in [0.2, 0.25) is 11.8 Å². The molecular formula is C16H21BrClN3O2. The van der Waals surface area contributed by atoms with Crippen LogP contribution in [0, 0.1) is 5.92 Å². The molecule has 2 amide bonds. The predicted molar refractivity (Wildman–Crippen MR) is 95.9 cm³/mol. The summed E-state index contributed by atoms with van der Waals surface area (Å²) in [6.07, 6.45) is 0.600. The molecule has 7 heteroatoms. The zero-order valence-electron chi connectivity index (χ0n) is 13.0. The smallest absolute Gasteiger partial charge is 0.239 e. The molecule has 2 atom stereocenters. The van der Waals surface area contributed by atoms with Crippen LogP contribution in [0.2, 0.25) is 0 Å². The molecule has 126 valence electrons. The molecular weight excluding hydrogens is 382 g/mol. The van der Waals surface area contributed by atoms with Gasteiger partial charge < -0.3 is 15.1 Å². The molecule has 2 aliphatic rings. The first kappa shape index (κ1) is 18.2. The van der Waals surface area contributed by atoms with E-state index in [0.29, 0.717) is 26.1 Å². The highest BCUT2D eigenvalue weighted by Gasteiger charge is 2.40. The van der Waals surface area contributed by atoms with Gasteiger partial charge in [0.25, 0.3) is 0 Å². The summed E-state index contributed by atoms with van der Waals surface area (Å²) in [5.74, 6) is -0.616. The molecule has 23 heavy (non-hydrogen) atoms. The van der Waals surface area contributed by atoms with Gasteiger partial charge in [0, 0.05) is 42.4 Å². The Morgan fingerprint density at radius 1 is 1.35 bits per heavy atom. The molecule has 0 spiro atoms. The van der Waals surface area contributed by atoms with Crippen LogP contribution in [-0.4, -0.2) is 48.9 Å². The molecule has 0 bridgehead atoms. The van der Waals surface area contributed by atoms with E-state index in [1.54, 1.807) is 4.90 Å². The molecule has 2 aliphatic heterocycles. The Hall–Kier alpha value is -1.11. The normalized spacial score (nSPS) is 24.5. The maximum atomic E-state index is 12.6. The number of piperazine rings is 1. The van der Waals surface area contributed by atoms with Crippen molar-refractivity contribution in [3.05, 3.63) is 28.7 Å². The maximum Gasteiger partial charge on any atom is 0.239 e. The lowest BCUT2D eigenvalue weighted by Crippen LogP contribution is -2.53. The molecule has 0 aromatic heterocycles. The van der Waals surface area contributed by atoms with Gasteiger partial charge in [-0.2, -0.15) is 0 Å². The first-order valence-electron chi connectivity index (χ1n) is 7.65. The average molecular weight is 403 g/mol. The van der Waals surface area contributed by atoms with Crippen LogP contribution in [0.5, 0.6) is 0 Å². The van der Waals surface area contributed by atoms with Crippen LogP contribution >= 0.6 is 28.3 Å². The van der Waals surface area contributed by atoms with Crippen LogP contribution in [-0.2, 0) is 9.59 Å². The second kappa shape index (κ2) is 7.64. The van der Waals surface area contributed by atoms with E-state index < -0.39 is 5.92 Å². The largest absolute Gasteiger partial charge is 0.339 e. The van der Waals surface area contributed by atoms with Gasteiger partial charge >= 0.3 is 0 Å². The molecule has 5 nitrogen and oxygen atoms in total. The molecule has 0 saturated carbocycles. The van der Waals surface area contributed by atoms with Crippen molar-refractivity contribution in [1.82, 2.24) is 10.2 Å². The summed E-state index contributed by atoms with van der Waals surface area (Å²) in [7, 11) is 0. The minimum atomic E-state index is -0.524. The van der Waals surface area contributed by atoms with E-state index in [1.807, 2.05) is 29.2 Å². The van der Waals surface area contributed by atoms with E-state index in [2.05, 4.69) is 28.2 Å². The minimum absolute atomic E-state index is 0. The highest BCUT2D eigenvalue weighted by atomic mass is 79.9. The predicted octanol–water partition coefficient (Wildman–Crippen LogP) is 2.04. The Morgan fingerprint density at radius 2 is 2.13 bits per heavy atom. The van der Waals surface area contributed by atoms with Crippen LogP contribution in [0.15, 0.2) is 28.7 Å². The summed E-state index contributed by atoms with van der Waals surface area (Å²) in [4.78, 5) is 28.8. The molecule has 1 aromatic carbocycles. The lowest BCUT2D eigenvalue weighted by molar-refractivity contribution is -0.140. The number of hydrogen-bond donors (Lipinski definition) is 1. The number of benzene rings is 1. The van der Waals surface area contributed by atoms with E-state index in [0.717, 1.165) is 16.7 Å². The van der Waals surface area contributed by atoms with Gasteiger partial charge in [0.05, 0.1) is 0 Å². The summed E-state index contributed by atoms with van der Waals surface area (Å²) >= 11 is 3.42. The molecule has 0 radical (unpaired) electrons. The first-order valence-corrected chi connectivity index (χ1v) is 8.44. The van der Waals surface area contributed by atoms with Crippen LogP contribution in [0.25, 0.3) is 0 Å². The van der Waals surface area contributed by atoms with E-state index in [9.17, 15) is 9.59 Å². The standard InChI is InChI=1S/C16H20BrN3O2.ClH/c1-11-10-19(8-6-18-11)15(21)14-5-7-20(16(14)22)13-4-2-3-12(17)9-13;/h2-4,9,11,14,18H,5-8,10H2,1H3;1H. The summed E-state index contributed by atoms with van der Waals surface area (Å²) < 4.78 is 0.934. The number of nitrogens with one attached hydrogen (secondary N) is 1. The summed E-state index contributed by atoms with van der Waals surface area (Å²) in [5, 5.41) is 3.32. The van der Waals surface area contributed by atoms with Gasteiger partial charge in [-0.15, -0.1) is 12.4 Å². The van der Waals surface area contributed by atoms with Gasteiger partial charge in [0.15, 0.2) is 0 Å². The molecule has 1 aromatic rings. The number of halogens is 2. The maximum absolute atomic E-state index is 12.6. The topological polar surface area (TPSA) is 52.7 Å². The van der Waals surface area contributed by atoms with Crippen molar-refractivity contribution >= 4 is 45.8 Å². The molecule has 2 unspecified atom stereocenters. The SMILES string of the molecule is CC1CN(C(=O)C2CCN(c3cccc(Br)c3)C2=O)CCN1.Cl. The van der Waals surface area contributed by atoms with Crippen LogP contribution in [0.1, 0.15) is 13.3 Å². The monoisotopic (exact) mass is 401 g/mol. The van der Waals surface area contributed by atoms with Crippen molar-refractivity contribution in [3.8, 4) is 0 Å². The molecule has 2 saturated heterocycles. The van der Waals surface area contributed by atoms with Gasteiger partial charge in [0.1, 0.15) is 5.92 Å². The average Bonchev–Trinajstić information content (AvgIpc) is 2.88. The lowest BCUT2D eigenvalue weighted by Gasteiger charge is -2.33. The number of carbonyl (C=O) groups excluding carboxylic acids is 2. The lowest BCUT2D eigenvalue weighted by atomic mass is 10.1. The third kappa shape index (κ3) is 3.87. The quantitative estimate of drug-likeness (QED) is 0.770. The number of hydrogen-bond acceptors (Lipinski definition) is 3. The van der Waals surface area contributed by atoms with E-state index >= 15 is 0 Å². The number of amides is 2. The minimum Gasteiger partial charge on any atom is -0.339 e. The van der Waals surface area contributed by atoms with Gasteiger partial charge in [-0.3, -0.25) is 9.59 Å². The Kier molecular flexibility index (Phi) is 6.06. The second-order valence-corrected chi connectivity index (χ2v) is 6.87. The van der Waals surface area contributed by atoms with E-state index in [-0.39, 0.29) is 30.3 Å². The molecule has 1 N–H and O–H groups in total. The van der Waals surface area contributed by atoms with Crippen molar-refractivity contribution < 1.29 is 9.59 Å². The Balaban J connectivity index is 0.00000192. The zero-order chi connectivity index (χ0) is 15.7. The highest BCUT2D eigenvalue weighted by molar-refractivity contribution is 9.10. The van der Waals surface area contributed by atoms with Gasteiger partial charge in [-0.05, 0) is 31.5 Å². The van der Waals surface area contributed by atoms with Crippen LogP contribution in [0.3, 0.4) is 0 Å². The van der Waals surface area contributed by atoms with Gasteiger partial charge in [-0.1, -0.05) is 22.0 Å². The molecule has 2 fully saturated rings. The molecule has 3 rings (SSSR count). The fraction of sp³-hybridized carbons (Fsp3) is 0.500.